The predicted octanol–water partition coefficient (Wildman–Crippen LogP) is 2.08. The third kappa shape index (κ3) is 2.98. The van der Waals surface area contributed by atoms with Gasteiger partial charge < -0.3 is 0 Å². The molecule has 2 aromatic rings. The van der Waals surface area contributed by atoms with Crippen molar-refractivity contribution in [1.82, 2.24) is 9.44 Å². The normalized spacial score (nSPS) is 25.2. The topological polar surface area (TPSA) is 92.3 Å². The minimum atomic E-state index is -3.20. The molecule has 2 N–H and O–H groups in total. The van der Waals surface area contributed by atoms with Crippen molar-refractivity contribution >= 4 is 20.0 Å². The molecule has 0 unspecified atom stereocenters. The Morgan fingerprint density at radius 2 is 1.00 bits per heavy atom. The average molecular weight is 366 g/mol. The van der Waals surface area contributed by atoms with Crippen molar-refractivity contribution in [3.8, 4) is 0 Å². The minimum absolute atomic E-state index is 0.0915. The molecule has 0 radical (unpaired) electrons. The lowest BCUT2D eigenvalue weighted by Crippen LogP contribution is -2.17. The highest BCUT2D eigenvalue weighted by Crippen LogP contribution is 2.30. The summed E-state index contributed by atoms with van der Waals surface area (Å²) in [6, 6.07) is 13.9. The van der Waals surface area contributed by atoms with Crippen LogP contribution in [0.1, 0.15) is 37.1 Å². The molecule has 0 amide bonds. The maximum absolute atomic E-state index is 11.4. The number of hydrogen-bond donors (Lipinski definition) is 2. The van der Waals surface area contributed by atoms with Crippen molar-refractivity contribution in [2.45, 2.75) is 35.7 Å². The molecule has 0 bridgehead atoms. The lowest BCUT2D eigenvalue weighted by Gasteiger charge is -1.99. The lowest BCUT2D eigenvalue weighted by molar-refractivity contribution is 0.580. The smallest absolute Gasteiger partial charge is 0.207 e. The first kappa shape index (κ1) is 17.1. The Morgan fingerprint density at radius 3 is 1.33 bits per heavy atom. The van der Waals surface area contributed by atoms with E-state index in [1.54, 1.807) is 24.3 Å². The zero-order chi connectivity index (χ0) is 17.5. The summed E-state index contributed by atoms with van der Waals surface area (Å²) < 4.78 is 50.5. The molecule has 2 aliphatic rings. The third-order valence-corrected chi connectivity index (χ3v) is 7.24. The second-order valence-electron chi connectivity index (χ2n) is 5.76. The van der Waals surface area contributed by atoms with Crippen LogP contribution in [-0.2, 0) is 20.0 Å². The van der Waals surface area contributed by atoms with Gasteiger partial charge in [-0.2, -0.15) is 0 Å². The van der Waals surface area contributed by atoms with Crippen LogP contribution in [0.5, 0.6) is 0 Å². The van der Waals surface area contributed by atoms with E-state index in [0.717, 1.165) is 11.1 Å². The fourth-order valence-electron chi connectivity index (χ4n) is 2.89. The first-order valence-electron chi connectivity index (χ1n) is 7.45. The molecule has 0 aromatic heterocycles. The Morgan fingerprint density at radius 1 is 0.667 bits per heavy atom. The molecule has 0 saturated carbocycles. The Labute approximate surface area is 142 Å². The quantitative estimate of drug-likeness (QED) is 0.747. The molecule has 0 spiro atoms. The number of sulfonamides is 2. The molecule has 0 fully saturated rings. The first-order valence-corrected chi connectivity index (χ1v) is 10.4. The van der Waals surface area contributed by atoms with E-state index in [1.807, 2.05) is 38.1 Å². The molecule has 6 nitrogen and oxygen atoms in total. The number of hydrogen-bond acceptors (Lipinski definition) is 4. The minimum Gasteiger partial charge on any atom is -0.207 e. The molecule has 2 atom stereocenters. The highest BCUT2D eigenvalue weighted by Gasteiger charge is 2.30. The van der Waals surface area contributed by atoms with E-state index in [9.17, 15) is 16.8 Å². The van der Waals surface area contributed by atoms with Gasteiger partial charge in [0.25, 0.3) is 0 Å². The van der Waals surface area contributed by atoms with Crippen molar-refractivity contribution < 1.29 is 16.8 Å². The lowest BCUT2D eigenvalue weighted by atomic mass is 10.1. The summed E-state index contributed by atoms with van der Waals surface area (Å²) in [7, 11) is -6.41. The third-order valence-electron chi connectivity index (χ3n) is 4.01. The van der Waals surface area contributed by atoms with Gasteiger partial charge in [-0.05, 0) is 37.1 Å². The van der Waals surface area contributed by atoms with Crippen LogP contribution < -0.4 is 9.44 Å². The van der Waals surface area contributed by atoms with Gasteiger partial charge in [0.1, 0.15) is 0 Å². The van der Waals surface area contributed by atoms with Crippen LogP contribution in [0.4, 0.5) is 0 Å². The summed E-state index contributed by atoms with van der Waals surface area (Å²) >= 11 is 0. The van der Waals surface area contributed by atoms with E-state index >= 15 is 0 Å². The predicted molar refractivity (Wildman–Crippen MR) is 90.4 cm³/mol. The molecule has 0 saturated heterocycles. The first-order chi connectivity index (χ1) is 11.2. The number of fused-ring (bicyclic) bond motifs is 2. The molecule has 128 valence electrons. The van der Waals surface area contributed by atoms with Gasteiger partial charge in [-0.15, -0.1) is 0 Å². The largest absolute Gasteiger partial charge is 0.241 e. The van der Waals surface area contributed by atoms with Gasteiger partial charge in [0, 0.05) is 12.1 Å². The number of rotatable bonds is 0. The van der Waals surface area contributed by atoms with Gasteiger partial charge >= 0.3 is 0 Å². The second-order valence-corrected chi connectivity index (χ2v) is 9.13. The van der Waals surface area contributed by atoms with Crippen molar-refractivity contribution in [2.75, 3.05) is 0 Å². The molecular formula is C16H18N2O4S2. The van der Waals surface area contributed by atoms with Crippen LogP contribution >= 0.6 is 0 Å². The van der Waals surface area contributed by atoms with Crippen molar-refractivity contribution in [3.63, 3.8) is 0 Å². The molecule has 0 aliphatic carbocycles. The Hall–Kier alpha value is -1.74. The van der Waals surface area contributed by atoms with E-state index in [2.05, 4.69) is 9.44 Å². The fraction of sp³-hybridized carbons (Fsp3) is 0.250. The van der Waals surface area contributed by atoms with Crippen LogP contribution in [0.2, 0.25) is 0 Å². The Balaban J connectivity index is 0.000000141. The number of nitrogens with one attached hydrogen (secondary N) is 2. The molecule has 24 heavy (non-hydrogen) atoms. The van der Waals surface area contributed by atoms with E-state index in [-0.39, 0.29) is 12.1 Å². The van der Waals surface area contributed by atoms with Crippen LogP contribution in [0.25, 0.3) is 0 Å². The second kappa shape index (κ2) is 5.96. The molecule has 8 heteroatoms. The van der Waals surface area contributed by atoms with Crippen LogP contribution in [0.3, 0.4) is 0 Å². The molecule has 2 heterocycles. The molecular weight excluding hydrogens is 348 g/mol. The van der Waals surface area contributed by atoms with Gasteiger partial charge in [0.2, 0.25) is 20.0 Å². The van der Waals surface area contributed by atoms with Gasteiger partial charge in [-0.25, -0.2) is 26.3 Å². The summed E-state index contributed by atoms with van der Waals surface area (Å²) in [4.78, 5) is 0.829. The van der Waals surface area contributed by atoms with Crippen molar-refractivity contribution in [3.05, 3.63) is 59.7 Å². The summed E-state index contributed by atoms with van der Waals surface area (Å²) in [5.41, 5.74) is 1.72. The van der Waals surface area contributed by atoms with E-state index in [0.29, 0.717) is 9.79 Å². The van der Waals surface area contributed by atoms with E-state index in [4.69, 9.17) is 0 Å². The van der Waals surface area contributed by atoms with Gasteiger partial charge in [-0.3, -0.25) is 0 Å². The fourth-order valence-corrected chi connectivity index (χ4v) is 5.95. The summed E-state index contributed by atoms with van der Waals surface area (Å²) in [5.74, 6) is 0. The summed E-state index contributed by atoms with van der Waals surface area (Å²) in [6.07, 6.45) is 0. The summed E-state index contributed by atoms with van der Waals surface area (Å²) in [6.45, 7) is 3.67. The van der Waals surface area contributed by atoms with E-state index in [1.165, 1.54) is 0 Å². The van der Waals surface area contributed by atoms with Crippen molar-refractivity contribution in [2.24, 2.45) is 0 Å². The zero-order valence-electron chi connectivity index (χ0n) is 13.2. The summed E-state index contributed by atoms with van der Waals surface area (Å²) in [5, 5.41) is 0. The van der Waals surface area contributed by atoms with E-state index < -0.39 is 20.0 Å². The van der Waals surface area contributed by atoms with Crippen LogP contribution in [0.15, 0.2) is 58.3 Å². The SMILES string of the molecule is C[C@@H]1NS(=O)(=O)c2ccccc21.C[C@H]1NS(=O)(=O)c2ccccc21. The van der Waals surface area contributed by atoms with Gasteiger partial charge in [0.05, 0.1) is 9.79 Å². The molecule has 2 aromatic carbocycles. The Kier molecular flexibility index (Phi) is 4.25. The zero-order valence-corrected chi connectivity index (χ0v) is 14.9. The Bertz CT molecular complexity index is 903. The van der Waals surface area contributed by atoms with Gasteiger partial charge in [-0.1, -0.05) is 36.4 Å². The average Bonchev–Trinajstić information content (AvgIpc) is 2.91. The number of benzene rings is 2. The monoisotopic (exact) mass is 366 g/mol. The maximum Gasteiger partial charge on any atom is 0.241 e. The standard InChI is InChI=1S/2C8H9NO2S/c2*1-6-7-4-2-3-5-8(7)12(10,11)9-6/h2*2-6,9H,1H3/t2*6-/m10/s1. The van der Waals surface area contributed by atoms with Gasteiger partial charge in [0.15, 0.2) is 0 Å². The van der Waals surface area contributed by atoms with Crippen LogP contribution in [-0.4, -0.2) is 16.8 Å². The van der Waals surface area contributed by atoms with Crippen molar-refractivity contribution in [1.29, 1.82) is 0 Å². The molecule has 4 rings (SSSR count). The molecule has 2 aliphatic heterocycles. The van der Waals surface area contributed by atoms with Crippen LogP contribution in [0, 0.1) is 0 Å². The highest BCUT2D eigenvalue weighted by molar-refractivity contribution is 7.90. The highest BCUT2D eigenvalue weighted by atomic mass is 32.2. The maximum atomic E-state index is 11.4.